The van der Waals surface area contributed by atoms with Crippen molar-refractivity contribution >= 4 is 12.0 Å². The molecule has 1 rings (SSSR count). The smallest absolute Gasteiger partial charge is 0.244 e. The number of carbonyl (C=O) groups is 1. The van der Waals surface area contributed by atoms with E-state index in [1.807, 2.05) is 19.1 Å². The SMILES string of the molecule is CCCCCCCNC(=O)C=Cc1ccc(C)o1. The maximum atomic E-state index is 11.5. The average molecular weight is 249 g/mol. The first kappa shape index (κ1) is 14.6. The minimum atomic E-state index is -0.0560. The summed E-state index contributed by atoms with van der Waals surface area (Å²) in [6, 6.07) is 3.73. The second-order valence-corrected chi connectivity index (χ2v) is 4.49. The minimum absolute atomic E-state index is 0.0560. The van der Waals surface area contributed by atoms with Crippen LogP contribution in [0.2, 0.25) is 0 Å². The summed E-state index contributed by atoms with van der Waals surface area (Å²) in [5.41, 5.74) is 0. The summed E-state index contributed by atoms with van der Waals surface area (Å²) in [5, 5.41) is 2.87. The third-order valence-corrected chi connectivity index (χ3v) is 2.74. The molecule has 0 aliphatic rings. The molecule has 0 fully saturated rings. The average Bonchev–Trinajstić information content (AvgIpc) is 2.77. The molecule has 0 saturated heterocycles. The Hall–Kier alpha value is -1.51. The van der Waals surface area contributed by atoms with Gasteiger partial charge in [0.25, 0.3) is 0 Å². The molecule has 1 N–H and O–H groups in total. The number of rotatable bonds is 8. The van der Waals surface area contributed by atoms with Gasteiger partial charge >= 0.3 is 0 Å². The van der Waals surface area contributed by atoms with E-state index in [1.54, 1.807) is 6.08 Å². The summed E-state index contributed by atoms with van der Waals surface area (Å²) in [6.45, 7) is 4.83. The van der Waals surface area contributed by atoms with Crippen LogP contribution in [0.3, 0.4) is 0 Å². The number of nitrogens with one attached hydrogen (secondary N) is 1. The van der Waals surface area contributed by atoms with Gasteiger partial charge in [-0.2, -0.15) is 0 Å². The molecule has 0 aliphatic carbocycles. The standard InChI is InChI=1S/C15H23NO2/c1-3-4-5-6-7-12-16-15(17)11-10-14-9-8-13(2)18-14/h8-11H,3-7,12H2,1-2H3,(H,16,17). The van der Waals surface area contributed by atoms with Crippen molar-refractivity contribution < 1.29 is 9.21 Å². The van der Waals surface area contributed by atoms with Crippen molar-refractivity contribution in [3.05, 3.63) is 29.7 Å². The van der Waals surface area contributed by atoms with Gasteiger partial charge in [-0.15, -0.1) is 0 Å². The van der Waals surface area contributed by atoms with Crippen LogP contribution >= 0.6 is 0 Å². The Morgan fingerprint density at radius 2 is 2.06 bits per heavy atom. The Labute approximate surface area is 109 Å². The zero-order chi connectivity index (χ0) is 13.2. The van der Waals surface area contributed by atoms with Crippen LogP contribution in [0.4, 0.5) is 0 Å². The summed E-state index contributed by atoms with van der Waals surface area (Å²) in [6.07, 6.45) is 9.25. The molecular weight excluding hydrogens is 226 g/mol. The first-order chi connectivity index (χ1) is 8.72. The van der Waals surface area contributed by atoms with E-state index in [0.717, 1.165) is 18.7 Å². The van der Waals surface area contributed by atoms with Crippen molar-refractivity contribution in [1.29, 1.82) is 0 Å². The fraction of sp³-hybridized carbons (Fsp3) is 0.533. The molecule has 3 heteroatoms. The number of hydrogen-bond donors (Lipinski definition) is 1. The summed E-state index contributed by atoms with van der Waals surface area (Å²) in [5.74, 6) is 1.51. The van der Waals surface area contributed by atoms with Gasteiger partial charge in [-0.25, -0.2) is 0 Å². The molecular formula is C15H23NO2. The molecule has 1 aromatic heterocycles. The Kier molecular flexibility index (Phi) is 6.92. The van der Waals surface area contributed by atoms with Crippen molar-refractivity contribution in [2.24, 2.45) is 0 Å². The van der Waals surface area contributed by atoms with Gasteiger partial charge in [-0.1, -0.05) is 32.6 Å². The Morgan fingerprint density at radius 3 is 2.72 bits per heavy atom. The van der Waals surface area contributed by atoms with Crippen LogP contribution in [0.5, 0.6) is 0 Å². The molecule has 0 saturated carbocycles. The lowest BCUT2D eigenvalue weighted by atomic mass is 10.1. The van der Waals surface area contributed by atoms with Gasteiger partial charge in [0.15, 0.2) is 0 Å². The molecule has 0 unspecified atom stereocenters. The van der Waals surface area contributed by atoms with E-state index in [1.165, 1.54) is 31.8 Å². The van der Waals surface area contributed by atoms with Crippen LogP contribution in [0.25, 0.3) is 6.08 Å². The van der Waals surface area contributed by atoms with Crippen molar-refractivity contribution in [1.82, 2.24) is 5.32 Å². The zero-order valence-electron chi connectivity index (χ0n) is 11.4. The highest BCUT2D eigenvalue weighted by Gasteiger charge is 1.97. The van der Waals surface area contributed by atoms with Crippen LogP contribution in [0, 0.1) is 6.92 Å². The molecule has 0 bridgehead atoms. The Morgan fingerprint density at radius 1 is 1.28 bits per heavy atom. The lowest BCUT2D eigenvalue weighted by molar-refractivity contribution is -0.116. The van der Waals surface area contributed by atoms with Gasteiger partial charge < -0.3 is 9.73 Å². The highest BCUT2D eigenvalue weighted by molar-refractivity contribution is 5.91. The molecule has 0 aromatic carbocycles. The third kappa shape index (κ3) is 6.28. The highest BCUT2D eigenvalue weighted by Crippen LogP contribution is 2.07. The quantitative estimate of drug-likeness (QED) is 0.564. The summed E-state index contributed by atoms with van der Waals surface area (Å²) in [4.78, 5) is 11.5. The summed E-state index contributed by atoms with van der Waals surface area (Å²) < 4.78 is 5.34. The number of unbranched alkanes of at least 4 members (excludes halogenated alkanes) is 4. The molecule has 0 aliphatic heterocycles. The van der Waals surface area contributed by atoms with Crippen molar-refractivity contribution in [2.75, 3.05) is 6.54 Å². The topological polar surface area (TPSA) is 42.2 Å². The number of furan rings is 1. The van der Waals surface area contributed by atoms with E-state index in [4.69, 9.17) is 4.42 Å². The minimum Gasteiger partial charge on any atom is -0.462 e. The van der Waals surface area contributed by atoms with Gasteiger partial charge in [0, 0.05) is 12.6 Å². The number of aryl methyl sites for hydroxylation is 1. The molecule has 0 atom stereocenters. The fourth-order valence-electron chi connectivity index (χ4n) is 1.70. The molecule has 1 heterocycles. The van der Waals surface area contributed by atoms with Gasteiger partial charge in [0.2, 0.25) is 5.91 Å². The van der Waals surface area contributed by atoms with Crippen LogP contribution in [-0.2, 0) is 4.79 Å². The first-order valence-corrected chi connectivity index (χ1v) is 6.74. The van der Waals surface area contributed by atoms with Gasteiger partial charge in [-0.3, -0.25) is 4.79 Å². The molecule has 18 heavy (non-hydrogen) atoms. The van der Waals surface area contributed by atoms with E-state index < -0.39 is 0 Å². The molecule has 1 aromatic rings. The van der Waals surface area contributed by atoms with E-state index in [2.05, 4.69) is 12.2 Å². The van der Waals surface area contributed by atoms with E-state index in [9.17, 15) is 4.79 Å². The van der Waals surface area contributed by atoms with Crippen LogP contribution in [-0.4, -0.2) is 12.5 Å². The van der Waals surface area contributed by atoms with Crippen LogP contribution in [0.1, 0.15) is 50.5 Å². The van der Waals surface area contributed by atoms with Crippen LogP contribution < -0.4 is 5.32 Å². The number of hydrogen-bond acceptors (Lipinski definition) is 2. The molecule has 1 amide bonds. The molecule has 0 radical (unpaired) electrons. The predicted molar refractivity (Wildman–Crippen MR) is 74.2 cm³/mol. The van der Waals surface area contributed by atoms with Crippen LogP contribution in [0.15, 0.2) is 22.6 Å². The van der Waals surface area contributed by atoms with Crippen molar-refractivity contribution in [2.45, 2.75) is 46.0 Å². The number of amides is 1. The Bertz CT molecular complexity index is 380. The first-order valence-electron chi connectivity index (χ1n) is 6.74. The highest BCUT2D eigenvalue weighted by atomic mass is 16.3. The third-order valence-electron chi connectivity index (χ3n) is 2.74. The van der Waals surface area contributed by atoms with E-state index >= 15 is 0 Å². The van der Waals surface area contributed by atoms with Gasteiger partial charge in [-0.05, 0) is 31.6 Å². The van der Waals surface area contributed by atoms with Crippen molar-refractivity contribution in [3.8, 4) is 0 Å². The number of carbonyl (C=O) groups excluding carboxylic acids is 1. The van der Waals surface area contributed by atoms with Gasteiger partial charge in [0.05, 0.1) is 0 Å². The normalized spacial score (nSPS) is 11.0. The second kappa shape index (κ2) is 8.56. The molecule has 100 valence electrons. The van der Waals surface area contributed by atoms with Crippen molar-refractivity contribution in [3.63, 3.8) is 0 Å². The summed E-state index contributed by atoms with van der Waals surface area (Å²) in [7, 11) is 0. The maximum absolute atomic E-state index is 11.5. The monoisotopic (exact) mass is 249 g/mol. The van der Waals surface area contributed by atoms with Gasteiger partial charge in [0.1, 0.15) is 11.5 Å². The lowest BCUT2D eigenvalue weighted by Crippen LogP contribution is -2.21. The largest absolute Gasteiger partial charge is 0.462 e. The molecule has 3 nitrogen and oxygen atoms in total. The lowest BCUT2D eigenvalue weighted by Gasteiger charge is -2.01. The Balaban J connectivity index is 2.12. The molecule has 0 spiro atoms. The summed E-state index contributed by atoms with van der Waals surface area (Å²) >= 11 is 0. The fourth-order valence-corrected chi connectivity index (χ4v) is 1.70. The zero-order valence-corrected chi connectivity index (χ0v) is 11.4. The maximum Gasteiger partial charge on any atom is 0.244 e. The predicted octanol–water partition coefficient (Wildman–Crippen LogP) is 3.69. The van der Waals surface area contributed by atoms with E-state index in [-0.39, 0.29) is 5.91 Å². The van der Waals surface area contributed by atoms with E-state index in [0.29, 0.717) is 5.76 Å². The second-order valence-electron chi connectivity index (χ2n) is 4.49.